The van der Waals surface area contributed by atoms with Crippen LogP contribution in [-0.4, -0.2) is 35.3 Å². The molecule has 1 heterocycles. The first-order chi connectivity index (χ1) is 6.86. The summed E-state index contributed by atoms with van der Waals surface area (Å²) in [4.78, 5) is 6.70. The summed E-state index contributed by atoms with van der Waals surface area (Å²) in [6.45, 7) is 7.83. The highest BCUT2D eigenvalue weighted by molar-refractivity contribution is 7.99. The quantitative estimate of drug-likeness (QED) is 0.671. The van der Waals surface area contributed by atoms with E-state index in [1.165, 1.54) is 0 Å². The van der Waals surface area contributed by atoms with E-state index in [0.29, 0.717) is 0 Å². The lowest BCUT2D eigenvalue weighted by Gasteiger charge is -2.16. The van der Waals surface area contributed by atoms with Gasteiger partial charge >= 0.3 is 0 Å². The second-order valence-corrected chi connectivity index (χ2v) is 4.16. The molecule has 2 nitrogen and oxygen atoms in total. The van der Waals surface area contributed by atoms with Gasteiger partial charge in [0.1, 0.15) is 0 Å². The summed E-state index contributed by atoms with van der Waals surface area (Å²) in [5, 5.41) is 1.12. The fourth-order valence-corrected chi connectivity index (χ4v) is 2.12. The van der Waals surface area contributed by atoms with Crippen molar-refractivity contribution in [3.63, 3.8) is 0 Å². The van der Waals surface area contributed by atoms with Gasteiger partial charge in [-0.25, -0.2) is 4.98 Å². The smallest absolute Gasteiger partial charge is 0.0960 e. The fraction of sp³-hybridized carbons (Fsp3) is 0.545. The molecule has 0 aliphatic heterocycles. The van der Waals surface area contributed by atoms with E-state index in [1.54, 1.807) is 0 Å². The lowest BCUT2D eigenvalue weighted by atomic mass is 10.5. The molecule has 1 aromatic rings. The van der Waals surface area contributed by atoms with Gasteiger partial charge in [-0.1, -0.05) is 19.9 Å². The van der Waals surface area contributed by atoms with Crippen LogP contribution < -0.4 is 0 Å². The number of thioether (sulfide) groups is 1. The predicted octanol–water partition coefficient (Wildman–Crippen LogP) is 2.52. The summed E-state index contributed by atoms with van der Waals surface area (Å²) in [6, 6.07) is 6.05. The van der Waals surface area contributed by atoms with Crippen molar-refractivity contribution in [3.8, 4) is 0 Å². The number of aromatic nitrogens is 1. The number of pyridine rings is 1. The maximum absolute atomic E-state index is 4.27. The first-order valence-electron chi connectivity index (χ1n) is 5.13. The topological polar surface area (TPSA) is 16.1 Å². The lowest BCUT2D eigenvalue weighted by Crippen LogP contribution is -2.25. The van der Waals surface area contributed by atoms with Gasteiger partial charge < -0.3 is 4.90 Å². The minimum atomic E-state index is 1.12. The van der Waals surface area contributed by atoms with Crippen molar-refractivity contribution in [2.45, 2.75) is 18.9 Å². The van der Waals surface area contributed by atoms with E-state index in [2.05, 4.69) is 29.8 Å². The number of hydrogen-bond donors (Lipinski definition) is 0. The number of rotatable bonds is 6. The highest BCUT2D eigenvalue weighted by atomic mass is 32.2. The van der Waals surface area contributed by atoms with Crippen LogP contribution in [0.25, 0.3) is 0 Å². The Kier molecular flexibility index (Phi) is 5.64. The van der Waals surface area contributed by atoms with Gasteiger partial charge in [-0.15, -0.1) is 11.8 Å². The molecule has 0 saturated heterocycles. The third kappa shape index (κ3) is 4.11. The molecule has 0 aromatic carbocycles. The molecular weight excluding hydrogens is 192 g/mol. The van der Waals surface area contributed by atoms with Crippen LogP contribution in [-0.2, 0) is 0 Å². The normalized spacial score (nSPS) is 10.8. The Morgan fingerprint density at radius 1 is 1.29 bits per heavy atom. The standard InChI is InChI=1S/C11H18N2S/c1-3-13(4-2)9-10-14-11-7-5-6-8-12-11/h5-8H,3-4,9-10H2,1-2H3. The van der Waals surface area contributed by atoms with Crippen LogP contribution in [0, 0.1) is 0 Å². The van der Waals surface area contributed by atoms with E-state index in [4.69, 9.17) is 0 Å². The Balaban J connectivity index is 2.21. The zero-order valence-electron chi connectivity index (χ0n) is 8.94. The summed E-state index contributed by atoms with van der Waals surface area (Å²) in [7, 11) is 0. The SMILES string of the molecule is CCN(CC)CCSc1ccccn1. The van der Waals surface area contributed by atoms with E-state index in [9.17, 15) is 0 Å². The van der Waals surface area contributed by atoms with Crippen LogP contribution in [0.15, 0.2) is 29.4 Å². The Hall–Kier alpha value is -0.540. The molecule has 1 rings (SSSR count). The third-order valence-electron chi connectivity index (χ3n) is 2.19. The molecule has 0 radical (unpaired) electrons. The van der Waals surface area contributed by atoms with Crippen molar-refractivity contribution in [3.05, 3.63) is 24.4 Å². The average molecular weight is 210 g/mol. The van der Waals surface area contributed by atoms with Crippen LogP contribution in [0.2, 0.25) is 0 Å². The summed E-state index contributed by atoms with van der Waals surface area (Å²) < 4.78 is 0. The van der Waals surface area contributed by atoms with Gasteiger partial charge in [0.15, 0.2) is 0 Å². The first-order valence-corrected chi connectivity index (χ1v) is 6.11. The van der Waals surface area contributed by atoms with Crippen molar-refractivity contribution in [2.75, 3.05) is 25.4 Å². The molecule has 0 spiro atoms. The van der Waals surface area contributed by atoms with Crippen LogP contribution in [0.4, 0.5) is 0 Å². The molecule has 0 aliphatic rings. The maximum atomic E-state index is 4.27. The second kappa shape index (κ2) is 6.85. The third-order valence-corrected chi connectivity index (χ3v) is 3.11. The highest BCUT2D eigenvalue weighted by Crippen LogP contribution is 2.13. The zero-order chi connectivity index (χ0) is 10.2. The predicted molar refractivity (Wildman–Crippen MR) is 62.7 cm³/mol. The second-order valence-electron chi connectivity index (χ2n) is 3.04. The van der Waals surface area contributed by atoms with Gasteiger partial charge in [-0.2, -0.15) is 0 Å². The van der Waals surface area contributed by atoms with E-state index < -0.39 is 0 Å². The Bertz CT molecular complexity index is 234. The van der Waals surface area contributed by atoms with Crippen molar-refractivity contribution in [2.24, 2.45) is 0 Å². The molecule has 3 heteroatoms. The Morgan fingerprint density at radius 3 is 2.64 bits per heavy atom. The van der Waals surface area contributed by atoms with Gasteiger partial charge in [0.25, 0.3) is 0 Å². The zero-order valence-corrected chi connectivity index (χ0v) is 9.76. The first kappa shape index (κ1) is 11.5. The molecule has 78 valence electrons. The molecule has 0 atom stereocenters. The van der Waals surface area contributed by atoms with E-state index in [-0.39, 0.29) is 0 Å². The maximum Gasteiger partial charge on any atom is 0.0960 e. The van der Waals surface area contributed by atoms with Gasteiger partial charge in [0.05, 0.1) is 5.03 Å². The highest BCUT2D eigenvalue weighted by Gasteiger charge is 1.99. The molecule has 0 aliphatic carbocycles. The van der Waals surface area contributed by atoms with Crippen LogP contribution in [0.3, 0.4) is 0 Å². The number of hydrogen-bond acceptors (Lipinski definition) is 3. The monoisotopic (exact) mass is 210 g/mol. The minimum absolute atomic E-state index is 1.12. The van der Waals surface area contributed by atoms with Crippen molar-refractivity contribution in [1.82, 2.24) is 9.88 Å². The molecule has 0 unspecified atom stereocenters. The van der Waals surface area contributed by atoms with Crippen molar-refractivity contribution >= 4 is 11.8 Å². The van der Waals surface area contributed by atoms with E-state index in [1.807, 2.05) is 30.1 Å². The molecule has 0 fully saturated rings. The van der Waals surface area contributed by atoms with Gasteiger partial charge in [0.2, 0.25) is 0 Å². The molecule has 0 saturated carbocycles. The van der Waals surface area contributed by atoms with E-state index >= 15 is 0 Å². The Morgan fingerprint density at radius 2 is 2.07 bits per heavy atom. The van der Waals surface area contributed by atoms with Crippen molar-refractivity contribution in [1.29, 1.82) is 0 Å². The van der Waals surface area contributed by atoms with Crippen LogP contribution >= 0.6 is 11.8 Å². The van der Waals surface area contributed by atoms with Gasteiger partial charge in [0, 0.05) is 18.5 Å². The molecule has 0 N–H and O–H groups in total. The van der Waals surface area contributed by atoms with E-state index in [0.717, 1.165) is 30.4 Å². The fourth-order valence-electron chi connectivity index (χ4n) is 1.25. The molecule has 0 bridgehead atoms. The molecular formula is C11H18N2S. The summed E-state index contributed by atoms with van der Waals surface area (Å²) in [5.41, 5.74) is 0. The molecule has 0 amide bonds. The van der Waals surface area contributed by atoms with Crippen LogP contribution in [0.1, 0.15) is 13.8 Å². The summed E-state index contributed by atoms with van der Waals surface area (Å²) >= 11 is 1.83. The average Bonchev–Trinajstić information content (AvgIpc) is 2.26. The lowest BCUT2D eigenvalue weighted by molar-refractivity contribution is 0.324. The van der Waals surface area contributed by atoms with Gasteiger partial charge in [-0.3, -0.25) is 0 Å². The molecule has 1 aromatic heterocycles. The van der Waals surface area contributed by atoms with Crippen molar-refractivity contribution < 1.29 is 0 Å². The van der Waals surface area contributed by atoms with Gasteiger partial charge in [-0.05, 0) is 25.2 Å². The minimum Gasteiger partial charge on any atom is -0.303 e. The Labute approximate surface area is 90.7 Å². The van der Waals surface area contributed by atoms with Crippen LogP contribution in [0.5, 0.6) is 0 Å². The largest absolute Gasteiger partial charge is 0.303 e. The summed E-state index contributed by atoms with van der Waals surface area (Å²) in [6.07, 6.45) is 1.85. The molecule has 14 heavy (non-hydrogen) atoms. The summed E-state index contributed by atoms with van der Waals surface area (Å²) in [5.74, 6) is 1.12. The number of nitrogens with zero attached hydrogens (tertiary/aromatic N) is 2.